The van der Waals surface area contributed by atoms with Crippen LogP contribution in [0.5, 0.6) is 0 Å². The molecule has 1 unspecified atom stereocenters. The molecule has 0 fully saturated rings. The van der Waals surface area contributed by atoms with Gasteiger partial charge in [-0.1, -0.05) is 42.5 Å². The summed E-state index contributed by atoms with van der Waals surface area (Å²) >= 11 is 1.62. The van der Waals surface area contributed by atoms with Crippen LogP contribution in [0.1, 0.15) is 38.1 Å². The minimum absolute atomic E-state index is 0.0105. The van der Waals surface area contributed by atoms with E-state index < -0.39 is 11.1 Å². The lowest BCUT2D eigenvalue weighted by Crippen LogP contribution is -2.38. The average Bonchev–Trinajstić information content (AvgIpc) is 3.12. The Kier molecular flexibility index (Phi) is 4.72. The van der Waals surface area contributed by atoms with Gasteiger partial charge in [0.25, 0.3) is 11.6 Å². The fourth-order valence-corrected chi connectivity index (χ4v) is 5.45. The van der Waals surface area contributed by atoms with Gasteiger partial charge in [-0.25, -0.2) is 0 Å². The molecule has 0 saturated carbocycles. The number of nitrogens with one attached hydrogen (secondary N) is 2. The predicted octanol–water partition coefficient (Wildman–Crippen LogP) is 4.07. The third kappa shape index (κ3) is 3.44. The van der Waals surface area contributed by atoms with Gasteiger partial charge in [0.05, 0.1) is 10.5 Å². The Morgan fingerprint density at radius 1 is 1.13 bits per heavy atom. The fourth-order valence-electron chi connectivity index (χ4n) is 4.13. The molecule has 3 heterocycles. The number of hydrogen-bond acceptors (Lipinski definition) is 6. The number of anilines is 1. The highest BCUT2D eigenvalue weighted by molar-refractivity contribution is 7.16. The number of nitro benzene ring substituents is 1. The van der Waals surface area contributed by atoms with Crippen LogP contribution in [0.4, 0.5) is 10.7 Å². The summed E-state index contributed by atoms with van der Waals surface area (Å²) < 4.78 is 0. The number of nitrogens with zero attached hydrogens (tertiary/aromatic N) is 2. The van der Waals surface area contributed by atoms with E-state index in [0.717, 1.165) is 42.2 Å². The van der Waals surface area contributed by atoms with Gasteiger partial charge >= 0.3 is 0 Å². The number of carbonyl (C=O) groups is 1. The predicted molar refractivity (Wildman–Crippen MR) is 116 cm³/mol. The van der Waals surface area contributed by atoms with Crippen molar-refractivity contribution < 1.29 is 9.72 Å². The maximum Gasteiger partial charge on any atom is 0.269 e. The molecule has 0 saturated heterocycles. The highest BCUT2D eigenvalue weighted by atomic mass is 32.1. The van der Waals surface area contributed by atoms with Crippen molar-refractivity contribution in [2.45, 2.75) is 25.7 Å². The number of carbonyl (C=O) groups excluding carboxylic acids is 1. The molecule has 0 aliphatic carbocycles. The summed E-state index contributed by atoms with van der Waals surface area (Å²) in [6, 6.07) is 16.8. The van der Waals surface area contributed by atoms with Crippen LogP contribution in [0.15, 0.2) is 54.6 Å². The third-order valence-electron chi connectivity index (χ3n) is 5.58. The Balaban J connectivity index is 1.38. The Labute approximate surface area is 177 Å². The van der Waals surface area contributed by atoms with Crippen LogP contribution in [-0.4, -0.2) is 22.3 Å². The zero-order valence-corrected chi connectivity index (χ0v) is 16.9. The maximum atomic E-state index is 12.9. The SMILES string of the molecule is O=C1NC(c2cccc([N+](=O)[O-])c2)Nc2sc3c(c21)CCN(Cc1ccccc1)C3. The minimum Gasteiger partial charge on any atom is -0.353 e. The molecule has 5 rings (SSSR count). The molecule has 8 heteroatoms. The van der Waals surface area contributed by atoms with Gasteiger partial charge in [-0.15, -0.1) is 11.3 Å². The van der Waals surface area contributed by atoms with Gasteiger partial charge in [0.15, 0.2) is 0 Å². The van der Waals surface area contributed by atoms with Crippen LogP contribution < -0.4 is 10.6 Å². The molecule has 0 radical (unpaired) electrons. The molecule has 7 nitrogen and oxygen atoms in total. The number of fused-ring (bicyclic) bond motifs is 3. The summed E-state index contributed by atoms with van der Waals surface area (Å²) in [5, 5.41) is 18.3. The number of thiophene rings is 1. The summed E-state index contributed by atoms with van der Waals surface area (Å²) in [5.41, 5.74) is 3.82. The molecule has 2 aromatic carbocycles. The second kappa shape index (κ2) is 7.55. The number of hydrogen-bond donors (Lipinski definition) is 2. The van der Waals surface area contributed by atoms with Crippen molar-refractivity contribution in [2.75, 3.05) is 11.9 Å². The van der Waals surface area contributed by atoms with Crippen molar-refractivity contribution >= 4 is 27.9 Å². The standard InChI is InChI=1S/C22H20N4O3S/c27-21-19-17-9-10-25(12-14-5-2-1-3-6-14)13-18(17)30-22(19)24-20(23-21)15-7-4-8-16(11-15)26(28)29/h1-8,11,20,24H,9-10,12-13H2,(H,23,27). The van der Waals surface area contributed by atoms with Crippen LogP contribution >= 0.6 is 11.3 Å². The molecule has 0 bridgehead atoms. The van der Waals surface area contributed by atoms with Crippen molar-refractivity contribution in [1.82, 2.24) is 10.2 Å². The monoisotopic (exact) mass is 420 g/mol. The van der Waals surface area contributed by atoms with E-state index in [9.17, 15) is 14.9 Å². The van der Waals surface area contributed by atoms with Crippen LogP contribution in [0.2, 0.25) is 0 Å². The lowest BCUT2D eigenvalue weighted by atomic mass is 10.00. The molecule has 0 spiro atoms. The molecular formula is C22H20N4O3S. The average molecular weight is 420 g/mol. The van der Waals surface area contributed by atoms with Crippen molar-refractivity contribution in [3.8, 4) is 0 Å². The first-order chi connectivity index (χ1) is 14.6. The van der Waals surface area contributed by atoms with Crippen LogP contribution in [-0.2, 0) is 19.5 Å². The Morgan fingerprint density at radius 2 is 1.97 bits per heavy atom. The van der Waals surface area contributed by atoms with Gasteiger partial charge < -0.3 is 10.6 Å². The number of benzene rings is 2. The third-order valence-corrected chi connectivity index (χ3v) is 6.73. The minimum atomic E-state index is -0.481. The van der Waals surface area contributed by atoms with E-state index in [0.29, 0.717) is 5.56 Å². The van der Waals surface area contributed by atoms with Gasteiger partial charge in [-0.3, -0.25) is 19.8 Å². The fraction of sp³-hybridized carbons (Fsp3) is 0.227. The van der Waals surface area contributed by atoms with E-state index in [1.54, 1.807) is 23.5 Å². The second-order valence-electron chi connectivity index (χ2n) is 7.56. The van der Waals surface area contributed by atoms with E-state index in [2.05, 4.69) is 39.8 Å². The zero-order chi connectivity index (χ0) is 20.7. The zero-order valence-electron chi connectivity index (χ0n) is 16.1. The normalized spacial score (nSPS) is 18.1. The summed E-state index contributed by atoms with van der Waals surface area (Å²) in [7, 11) is 0. The summed E-state index contributed by atoms with van der Waals surface area (Å²) in [6.07, 6.45) is 0.357. The molecule has 1 amide bonds. The number of non-ortho nitro benzene ring substituents is 1. The summed E-state index contributed by atoms with van der Waals surface area (Å²) in [5.74, 6) is -0.116. The molecule has 1 aromatic heterocycles. The van der Waals surface area contributed by atoms with E-state index in [1.165, 1.54) is 22.6 Å². The first kappa shape index (κ1) is 18.8. The Morgan fingerprint density at radius 3 is 2.77 bits per heavy atom. The van der Waals surface area contributed by atoms with Crippen molar-refractivity contribution in [3.05, 3.63) is 91.8 Å². The summed E-state index contributed by atoms with van der Waals surface area (Å²) in [4.78, 5) is 27.2. The second-order valence-corrected chi connectivity index (χ2v) is 8.66. The van der Waals surface area contributed by atoms with Gasteiger partial charge in [0.2, 0.25) is 0 Å². The number of rotatable bonds is 4. The molecule has 2 aliphatic rings. The van der Waals surface area contributed by atoms with E-state index in [4.69, 9.17) is 0 Å². The molecule has 1 atom stereocenters. The van der Waals surface area contributed by atoms with Crippen molar-refractivity contribution in [1.29, 1.82) is 0 Å². The van der Waals surface area contributed by atoms with E-state index in [1.807, 2.05) is 6.07 Å². The lowest BCUT2D eigenvalue weighted by Gasteiger charge is -2.28. The van der Waals surface area contributed by atoms with Crippen molar-refractivity contribution in [2.24, 2.45) is 0 Å². The van der Waals surface area contributed by atoms with Gasteiger partial charge in [0.1, 0.15) is 11.2 Å². The molecule has 2 aliphatic heterocycles. The van der Waals surface area contributed by atoms with Crippen LogP contribution in [0.25, 0.3) is 0 Å². The summed E-state index contributed by atoms with van der Waals surface area (Å²) in [6.45, 7) is 2.61. The highest BCUT2D eigenvalue weighted by Crippen LogP contribution is 2.41. The molecule has 2 N–H and O–H groups in total. The topological polar surface area (TPSA) is 87.5 Å². The number of nitro groups is 1. The number of amides is 1. The van der Waals surface area contributed by atoms with E-state index in [-0.39, 0.29) is 11.6 Å². The van der Waals surface area contributed by atoms with Crippen LogP contribution in [0, 0.1) is 10.1 Å². The maximum absolute atomic E-state index is 12.9. The van der Waals surface area contributed by atoms with Gasteiger partial charge in [-0.2, -0.15) is 0 Å². The molecule has 3 aromatic rings. The first-order valence-electron chi connectivity index (χ1n) is 9.81. The lowest BCUT2D eigenvalue weighted by molar-refractivity contribution is -0.384. The van der Waals surface area contributed by atoms with Crippen LogP contribution in [0.3, 0.4) is 0 Å². The Hall–Kier alpha value is -3.23. The van der Waals surface area contributed by atoms with Gasteiger partial charge in [0, 0.05) is 42.2 Å². The smallest absolute Gasteiger partial charge is 0.269 e. The molecule has 30 heavy (non-hydrogen) atoms. The van der Waals surface area contributed by atoms with Gasteiger partial charge in [-0.05, 0) is 17.5 Å². The quantitative estimate of drug-likeness (QED) is 0.491. The Bertz CT molecular complexity index is 1130. The van der Waals surface area contributed by atoms with E-state index >= 15 is 0 Å². The molecular weight excluding hydrogens is 400 g/mol. The highest BCUT2D eigenvalue weighted by Gasteiger charge is 2.33. The largest absolute Gasteiger partial charge is 0.353 e. The molecule has 152 valence electrons. The van der Waals surface area contributed by atoms with Crippen molar-refractivity contribution in [3.63, 3.8) is 0 Å². The first-order valence-corrected chi connectivity index (χ1v) is 10.6.